The summed E-state index contributed by atoms with van der Waals surface area (Å²) in [5, 5.41) is 3.08. The summed E-state index contributed by atoms with van der Waals surface area (Å²) in [5.41, 5.74) is 0.584. The lowest BCUT2D eigenvalue weighted by Crippen LogP contribution is -2.41. The van der Waals surface area contributed by atoms with Crippen LogP contribution in [-0.4, -0.2) is 19.1 Å². The van der Waals surface area contributed by atoms with Crippen LogP contribution in [0.3, 0.4) is 0 Å². The van der Waals surface area contributed by atoms with Crippen molar-refractivity contribution in [1.29, 1.82) is 0 Å². The molecular weight excluding hydrogens is 254 g/mol. The maximum absolute atomic E-state index is 12.0. The minimum absolute atomic E-state index is 0.0693. The molecule has 2 rings (SSSR count). The second-order valence-electron chi connectivity index (χ2n) is 6.13. The number of hydrogen-bond donors (Lipinski definition) is 1. The van der Waals surface area contributed by atoms with Gasteiger partial charge in [0.1, 0.15) is 13.2 Å². The highest BCUT2D eigenvalue weighted by atomic mass is 16.6. The van der Waals surface area contributed by atoms with E-state index in [1.165, 1.54) is 0 Å². The molecule has 0 fully saturated rings. The highest BCUT2D eigenvalue weighted by molar-refractivity contribution is 5.77. The Hall–Kier alpha value is -1.71. The molecule has 0 aliphatic carbocycles. The van der Waals surface area contributed by atoms with Crippen LogP contribution in [0.5, 0.6) is 11.5 Å². The van der Waals surface area contributed by atoms with Crippen LogP contribution in [0.1, 0.15) is 39.7 Å². The third-order valence-electron chi connectivity index (χ3n) is 3.31. The molecule has 0 saturated heterocycles. The van der Waals surface area contributed by atoms with E-state index in [1.54, 1.807) is 0 Å². The predicted molar refractivity (Wildman–Crippen MR) is 78.1 cm³/mol. The fourth-order valence-corrected chi connectivity index (χ4v) is 2.27. The molecule has 110 valence electrons. The topological polar surface area (TPSA) is 47.6 Å². The van der Waals surface area contributed by atoms with Crippen molar-refractivity contribution in [3.05, 3.63) is 23.8 Å². The molecule has 0 unspecified atom stereocenters. The molecule has 1 amide bonds. The van der Waals surface area contributed by atoms with Crippen molar-refractivity contribution in [2.24, 2.45) is 5.92 Å². The Kier molecular flexibility index (Phi) is 4.21. The average molecular weight is 277 g/mol. The summed E-state index contributed by atoms with van der Waals surface area (Å²) in [7, 11) is 0. The van der Waals surface area contributed by atoms with Crippen molar-refractivity contribution in [3.8, 4) is 11.5 Å². The van der Waals surface area contributed by atoms with Gasteiger partial charge in [0.15, 0.2) is 11.5 Å². The van der Waals surface area contributed by atoms with Crippen molar-refractivity contribution in [2.75, 3.05) is 13.2 Å². The van der Waals surface area contributed by atoms with Crippen molar-refractivity contribution in [3.63, 3.8) is 0 Å². The number of carbonyl (C=O) groups excluding carboxylic acids is 1. The van der Waals surface area contributed by atoms with E-state index in [0.29, 0.717) is 25.6 Å². The molecule has 1 aliphatic heterocycles. The van der Waals surface area contributed by atoms with Crippen LogP contribution in [0.25, 0.3) is 0 Å². The van der Waals surface area contributed by atoms with Gasteiger partial charge in [-0.05, 0) is 37.5 Å². The van der Waals surface area contributed by atoms with Crippen LogP contribution < -0.4 is 14.8 Å². The molecule has 1 N–H and O–H groups in total. The van der Waals surface area contributed by atoms with E-state index in [-0.39, 0.29) is 5.91 Å². The molecule has 0 bridgehead atoms. The maximum Gasteiger partial charge on any atom is 0.220 e. The molecule has 0 saturated carbocycles. The quantitative estimate of drug-likeness (QED) is 0.920. The van der Waals surface area contributed by atoms with Crippen LogP contribution in [-0.2, 0) is 10.3 Å². The van der Waals surface area contributed by atoms with Gasteiger partial charge in [-0.3, -0.25) is 4.79 Å². The van der Waals surface area contributed by atoms with Gasteiger partial charge in [0.2, 0.25) is 5.91 Å². The summed E-state index contributed by atoms with van der Waals surface area (Å²) in [5.74, 6) is 1.94. The molecule has 0 radical (unpaired) electrons. The van der Waals surface area contributed by atoms with Crippen LogP contribution in [0.15, 0.2) is 18.2 Å². The first-order valence-electron chi connectivity index (χ1n) is 7.09. The van der Waals surface area contributed by atoms with E-state index in [2.05, 4.69) is 5.32 Å². The summed E-state index contributed by atoms with van der Waals surface area (Å²) in [4.78, 5) is 12.0. The Labute approximate surface area is 120 Å². The summed E-state index contributed by atoms with van der Waals surface area (Å²) >= 11 is 0. The summed E-state index contributed by atoms with van der Waals surface area (Å²) in [6, 6.07) is 5.83. The fraction of sp³-hybridized carbons (Fsp3) is 0.562. The van der Waals surface area contributed by atoms with Crippen molar-refractivity contribution in [2.45, 2.75) is 39.7 Å². The molecule has 0 aromatic heterocycles. The van der Waals surface area contributed by atoms with Gasteiger partial charge in [-0.25, -0.2) is 0 Å². The zero-order valence-electron chi connectivity index (χ0n) is 12.7. The van der Waals surface area contributed by atoms with Crippen LogP contribution in [0.4, 0.5) is 0 Å². The molecule has 1 aromatic rings. The zero-order valence-corrected chi connectivity index (χ0v) is 12.7. The van der Waals surface area contributed by atoms with E-state index in [1.807, 2.05) is 45.9 Å². The predicted octanol–water partition coefficient (Wildman–Crippen LogP) is 2.86. The molecule has 4 heteroatoms. The Morgan fingerprint density at radius 1 is 1.25 bits per heavy atom. The van der Waals surface area contributed by atoms with Gasteiger partial charge in [0, 0.05) is 6.42 Å². The smallest absolute Gasteiger partial charge is 0.220 e. The largest absolute Gasteiger partial charge is 0.486 e. The number of rotatable bonds is 4. The molecule has 1 aromatic carbocycles. The van der Waals surface area contributed by atoms with Gasteiger partial charge >= 0.3 is 0 Å². The summed E-state index contributed by atoms with van der Waals surface area (Å²) in [6.45, 7) is 9.22. The van der Waals surface area contributed by atoms with Crippen LogP contribution in [0.2, 0.25) is 0 Å². The third kappa shape index (κ3) is 3.44. The molecule has 20 heavy (non-hydrogen) atoms. The third-order valence-corrected chi connectivity index (χ3v) is 3.31. The summed E-state index contributed by atoms with van der Waals surface area (Å²) < 4.78 is 11.1. The Morgan fingerprint density at radius 2 is 1.90 bits per heavy atom. The second kappa shape index (κ2) is 5.73. The Balaban J connectivity index is 2.14. The molecule has 1 aliphatic rings. The second-order valence-corrected chi connectivity index (χ2v) is 6.13. The molecule has 1 heterocycles. The number of carbonyl (C=O) groups is 1. The lowest BCUT2D eigenvalue weighted by atomic mass is 9.93. The van der Waals surface area contributed by atoms with E-state index < -0.39 is 5.54 Å². The highest BCUT2D eigenvalue weighted by Gasteiger charge is 2.25. The number of ether oxygens (including phenoxy) is 2. The van der Waals surface area contributed by atoms with E-state index in [4.69, 9.17) is 9.47 Å². The van der Waals surface area contributed by atoms with Crippen molar-refractivity contribution < 1.29 is 14.3 Å². The zero-order chi connectivity index (χ0) is 14.8. The van der Waals surface area contributed by atoms with Crippen molar-refractivity contribution >= 4 is 5.91 Å². The van der Waals surface area contributed by atoms with Crippen molar-refractivity contribution in [1.82, 2.24) is 5.32 Å². The first kappa shape index (κ1) is 14.7. The number of fused-ring (bicyclic) bond motifs is 1. The molecule has 4 nitrogen and oxygen atoms in total. The Bertz CT molecular complexity index is 494. The van der Waals surface area contributed by atoms with Gasteiger partial charge in [0.25, 0.3) is 0 Å². The van der Waals surface area contributed by atoms with E-state index in [0.717, 1.165) is 17.1 Å². The van der Waals surface area contributed by atoms with E-state index >= 15 is 0 Å². The van der Waals surface area contributed by atoms with Gasteiger partial charge in [-0.15, -0.1) is 0 Å². The first-order chi connectivity index (χ1) is 9.38. The monoisotopic (exact) mass is 277 g/mol. The molecule has 0 spiro atoms. The SMILES string of the molecule is CC(C)CC(=O)NC(C)(C)c1ccc2c(c1)OCCO2. The van der Waals surface area contributed by atoms with Crippen LogP contribution in [0, 0.1) is 5.92 Å². The Morgan fingerprint density at radius 3 is 2.55 bits per heavy atom. The maximum atomic E-state index is 12.0. The molecular formula is C16H23NO3. The van der Waals surface area contributed by atoms with Crippen LogP contribution >= 0.6 is 0 Å². The standard InChI is InChI=1S/C16H23NO3/c1-11(2)9-15(18)17-16(3,4)12-5-6-13-14(10-12)20-8-7-19-13/h5-6,10-11H,7-9H2,1-4H3,(H,17,18). The normalized spacial score (nSPS) is 14.2. The molecule has 0 atom stereocenters. The minimum atomic E-state index is -0.429. The number of hydrogen-bond acceptors (Lipinski definition) is 3. The lowest BCUT2D eigenvalue weighted by molar-refractivity contribution is -0.123. The number of nitrogens with one attached hydrogen (secondary N) is 1. The average Bonchev–Trinajstić information content (AvgIpc) is 2.36. The van der Waals surface area contributed by atoms with Gasteiger partial charge < -0.3 is 14.8 Å². The highest BCUT2D eigenvalue weighted by Crippen LogP contribution is 2.34. The number of amides is 1. The van der Waals surface area contributed by atoms with E-state index in [9.17, 15) is 4.79 Å². The van der Waals surface area contributed by atoms with Gasteiger partial charge in [0.05, 0.1) is 5.54 Å². The van der Waals surface area contributed by atoms with Gasteiger partial charge in [-0.2, -0.15) is 0 Å². The minimum Gasteiger partial charge on any atom is -0.486 e. The lowest BCUT2D eigenvalue weighted by Gasteiger charge is -2.29. The summed E-state index contributed by atoms with van der Waals surface area (Å²) in [6.07, 6.45) is 0.536. The number of benzene rings is 1. The van der Waals surface area contributed by atoms with Gasteiger partial charge in [-0.1, -0.05) is 19.9 Å². The fourth-order valence-electron chi connectivity index (χ4n) is 2.27. The first-order valence-corrected chi connectivity index (χ1v) is 7.09.